The zero-order valence-electron chi connectivity index (χ0n) is 17.1. The fraction of sp³-hybridized carbons (Fsp3) is 0.100. The number of hydrogen-bond donors (Lipinski definition) is 4. The van der Waals surface area contributed by atoms with E-state index >= 15 is 0 Å². The lowest BCUT2D eigenvalue weighted by molar-refractivity contribution is -0.114. The number of hydrogen-bond acceptors (Lipinski definition) is 9. The zero-order chi connectivity index (χ0) is 24.0. The van der Waals surface area contributed by atoms with Gasteiger partial charge in [-0.15, -0.1) is 10.2 Å². The number of carboxylic acid groups (broad SMARTS) is 1. The van der Waals surface area contributed by atoms with Crippen LogP contribution in [0.3, 0.4) is 0 Å². The fourth-order valence-electron chi connectivity index (χ4n) is 2.68. The Morgan fingerprint density at radius 1 is 1.36 bits per heavy atom. The topological polar surface area (TPSA) is 179 Å². The molecule has 13 nitrogen and oxygen atoms in total. The minimum atomic E-state index is -1.13. The average molecular weight is 448 g/mol. The predicted molar refractivity (Wildman–Crippen MR) is 115 cm³/mol. The Balaban J connectivity index is 2.09. The van der Waals surface area contributed by atoms with Crippen LogP contribution in [-0.2, 0) is 16.1 Å². The smallest absolute Gasteiger partial charge is 0.335 e. The van der Waals surface area contributed by atoms with Gasteiger partial charge in [0.05, 0.1) is 24.0 Å². The van der Waals surface area contributed by atoms with Crippen LogP contribution < -0.4 is 5.32 Å². The first-order chi connectivity index (χ1) is 15.8. The van der Waals surface area contributed by atoms with Gasteiger partial charge in [0, 0.05) is 12.5 Å². The Hall–Kier alpha value is -5.12. The molecule has 2 aromatic heterocycles. The van der Waals surface area contributed by atoms with Gasteiger partial charge in [0.25, 0.3) is 5.69 Å². The van der Waals surface area contributed by atoms with Crippen molar-refractivity contribution in [1.29, 1.82) is 5.41 Å². The van der Waals surface area contributed by atoms with Gasteiger partial charge in [-0.05, 0) is 24.3 Å². The van der Waals surface area contributed by atoms with E-state index in [0.717, 1.165) is 0 Å². The van der Waals surface area contributed by atoms with Gasteiger partial charge in [0.15, 0.2) is 29.6 Å². The first-order valence-electron chi connectivity index (χ1n) is 9.16. The maximum absolute atomic E-state index is 11.4. The quantitative estimate of drug-likeness (QED) is 0.175. The van der Waals surface area contributed by atoms with E-state index < -0.39 is 11.9 Å². The molecular formula is C20H16N8O5. The summed E-state index contributed by atoms with van der Waals surface area (Å²) in [6.45, 7) is 8.43. The number of carbonyl (C=O) groups is 2. The fourth-order valence-corrected chi connectivity index (χ4v) is 2.68. The highest BCUT2D eigenvalue weighted by Gasteiger charge is 2.16. The number of anilines is 1. The number of nitrogens with zero attached hydrogens (tertiary/aromatic N) is 6. The zero-order valence-corrected chi connectivity index (χ0v) is 17.1. The van der Waals surface area contributed by atoms with E-state index in [1.165, 1.54) is 42.1 Å². The molecule has 166 valence electrons. The van der Waals surface area contributed by atoms with E-state index in [2.05, 4.69) is 30.5 Å². The number of pyridine rings is 1. The molecule has 0 unspecified atom stereocenters. The number of aromatic nitrogens is 3. The van der Waals surface area contributed by atoms with E-state index in [9.17, 15) is 19.8 Å². The van der Waals surface area contributed by atoms with Crippen LogP contribution in [0.1, 0.15) is 22.8 Å². The largest absolute Gasteiger partial charge is 0.504 e. The number of aromatic hydroxyl groups is 1. The van der Waals surface area contributed by atoms with Crippen LogP contribution in [0, 0.1) is 12.0 Å². The highest BCUT2D eigenvalue weighted by atomic mass is 16.5. The van der Waals surface area contributed by atoms with Gasteiger partial charge in [-0.2, -0.15) is 5.10 Å². The highest BCUT2D eigenvalue weighted by molar-refractivity contribution is 5.89. The molecule has 0 saturated carbocycles. The predicted octanol–water partition coefficient (Wildman–Crippen LogP) is 3.72. The maximum Gasteiger partial charge on any atom is 0.335 e. The van der Waals surface area contributed by atoms with Gasteiger partial charge in [0.2, 0.25) is 5.91 Å². The van der Waals surface area contributed by atoms with E-state index in [-0.39, 0.29) is 46.6 Å². The molecule has 33 heavy (non-hydrogen) atoms. The first kappa shape index (κ1) is 22.6. The molecule has 0 spiro atoms. The summed E-state index contributed by atoms with van der Waals surface area (Å²) in [6.07, 6.45) is 1.95. The van der Waals surface area contributed by atoms with Crippen LogP contribution in [0.25, 0.3) is 10.5 Å². The molecule has 1 aromatic carbocycles. The summed E-state index contributed by atoms with van der Waals surface area (Å²) in [5, 5.41) is 40.9. The number of benzene rings is 1. The van der Waals surface area contributed by atoms with Crippen molar-refractivity contribution >= 4 is 41.4 Å². The molecular weight excluding hydrogens is 432 g/mol. The van der Waals surface area contributed by atoms with Crippen molar-refractivity contribution in [3.8, 4) is 11.4 Å². The van der Waals surface area contributed by atoms with Crippen LogP contribution >= 0.6 is 0 Å². The van der Waals surface area contributed by atoms with Crippen LogP contribution in [0.5, 0.6) is 5.75 Å². The summed E-state index contributed by atoms with van der Waals surface area (Å²) >= 11 is 0. The van der Waals surface area contributed by atoms with Gasteiger partial charge in [-0.25, -0.2) is 19.3 Å². The molecule has 0 aliphatic heterocycles. The Bertz CT molecular complexity index is 1310. The third-order valence-electron chi connectivity index (χ3n) is 4.10. The van der Waals surface area contributed by atoms with E-state index in [1.54, 1.807) is 6.07 Å². The Morgan fingerprint density at radius 3 is 2.82 bits per heavy atom. The number of aromatic carboxylic acids is 1. The van der Waals surface area contributed by atoms with Crippen LogP contribution in [0.15, 0.2) is 46.8 Å². The summed E-state index contributed by atoms with van der Waals surface area (Å²) in [5.74, 6) is -2.17. The minimum absolute atomic E-state index is 0.00223. The molecule has 2 heterocycles. The monoisotopic (exact) mass is 448 g/mol. The van der Waals surface area contributed by atoms with Gasteiger partial charge >= 0.3 is 5.97 Å². The summed E-state index contributed by atoms with van der Waals surface area (Å²) in [4.78, 5) is 30.1. The second kappa shape index (κ2) is 9.79. The number of amides is 1. The first-order valence-corrected chi connectivity index (χ1v) is 9.16. The number of ether oxygens (including phenoxy) is 1. The minimum Gasteiger partial charge on any atom is -0.504 e. The standard InChI is InChI=1S/C20H16N8O5/c1-11(29)24-18-16(30)7-13(9-33-10-21)17(25-18)26-27-19-15(22-2)8-23-28(19)14-5-3-4-12(6-14)20(31)32/h3-8,10,21,30H,9H2,1H3,(H,31,32)(H,24,25,29). The number of nitrogens with one attached hydrogen (secondary N) is 2. The molecule has 1 amide bonds. The van der Waals surface area contributed by atoms with Crippen molar-refractivity contribution in [1.82, 2.24) is 14.8 Å². The highest BCUT2D eigenvalue weighted by Crippen LogP contribution is 2.34. The number of azo groups is 1. The molecule has 0 atom stereocenters. The normalized spacial score (nSPS) is 10.5. The number of carbonyl (C=O) groups excluding carboxylic acids is 1. The molecule has 0 aliphatic rings. The third-order valence-corrected chi connectivity index (χ3v) is 4.10. The van der Waals surface area contributed by atoms with Gasteiger partial charge in [0.1, 0.15) is 6.61 Å². The SMILES string of the molecule is [C-]#[N+]c1cnn(-c2cccc(C(=O)O)c2)c1N=Nc1nc(NC(C)=O)c(O)cc1COC=N. The van der Waals surface area contributed by atoms with Crippen molar-refractivity contribution < 1.29 is 24.5 Å². The third kappa shape index (κ3) is 5.14. The van der Waals surface area contributed by atoms with E-state index in [0.29, 0.717) is 12.1 Å². The summed E-state index contributed by atoms with van der Waals surface area (Å²) < 4.78 is 6.17. The van der Waals surface area contributed by atoms with E-state index in [4.69, 9.17) is 16.7 Å². The molecule has 0 fully saturated rings. The molecule has 0 bridgehead atoms. The molecule has 3 aromatic rings. The van der Waals surface area contributed by atoms with Crippen LogP contribution in [0.4, 0.5) is 23.1 Å². The molecule has 0 saturated heterocycles. The average Bonchev–Trinajstić information content (AvgIpc) is 3.20. The van der Waals surface area contributed by atoms with Gasteiger partial charge in [-0.3, -0.25) is 10.2 Å². The lowest BCUT2D eigenvalue weighted by Crippen LogP contribution is -2.08. The Labute approximate surface area is 186 Å². The van der Waals surface area contributed by atoms with Crippen molar-refractivity contribution in [3.05, 3.63) is 59.1 Å². The Morgan fingerprint density at radius 2 is 2.15 bits per heavy atom. The van der Waals surface area contributed by atoms with Gasteiger partial charge in [-0.1, -0.05) is 6.07 Å². The molecule has 0 radical (unpaired) electrons. The molecule has 3 rings (SSSR count). The lowest BCUT2D eigenvalue weighted by Gasteiger charge is -2.09. The molecule has 13 heteroatoms. The molecule has 4 N–H and O–H groups in total. The molecule has 0 aliphatic carbocycles. The van der Waals surface area contributed by atoms with Crippen molar-refractivity contribution in [2.24, 2.45) is 10.2 Å². The van der Waals surface area contributed by atoms with Crippen molar-refractivity contribution in [3.63, 3.8) is 0 Å². The van der Waals surface area contributed by atoms with E-state index in [1.807, 2.05) is 0 Å². The van der Waals surface area contributed by atoms with Gasteiger partial charge < -0.3 is 20.3 Å². The Kier molecular flexibility index (Phi) is 6.69. The summed E-state index contributed by atoms with van der Waals surface area (Å²) in [5.41, 5.74) is 0.639. The maximum atomic E-state index is 11.4. The number of rotatable bonds is 8. The lowest BCUT2D eigenvalue weighted by atomic mass is 10.2. The van der Waals surface area contributed by atoms with Crippen molar-refractivity contribution in [2.45, 2.75) is 13.5 Å². The summed E-state index contributed by atoms with van der Waals surface area (Å²) in [6, 6.07) is 7.13. The summed E-state index contributed by atoms with van der Waals surface area (Å²) in [7, 11) is 0. The van der Waals surface area contributed by atoms with Crippen LogP contribution in [0.2, 0.25) is 0 Å². The van der Waals surface area contributed by atoms with Crippen LogP contribution in [-0.4, -0.2) is 43.3 Å². The van der Waals surface area contributed by atoms with Crippen molar-refractivity contribution in [2.75, 3.05) is 5.32 Å². The second-order valence-corrected chi connectivity index (χ2v) is 6.38. The number of carboxylic acids is 1. The second-order valence-electron chi connectivity index (χ2n) is 6.38.